The molecule has 0 spiro atoms. The standard InChI is InChI=1S/C29H32O5/c1-22-27(21-31-18-23-11-5-2-6-12-23)34-26(17-30)29(33-20-25-15-9-4-10-16-25)28(22)32-19-24-13-7-3-8-14-24/h2-17,22,26-29H,18-21H2,1H3. The van der Waals surface area contributed by atoms with Gasteiger partial charge in [0, 0.05) is 5.92 Å². The number of carbonyl (C=O) groups excluding carboxylic acids is 1. The fraction of sp³-hybridized carbons (Fsp3) is 0.345. The molecule has 0 aliphatic carbocycles. The summed E-state index contributed by atoms with van der Waals surface area (Å²) in [5.74, 6) is -0.0311. The van der Waals surface area contributed by atoms with E-state index in [4.69, 9.17) is 18.9 Å². The van der Waals surface area contributed by atoms with Crippen molar-refractivity contribution in [1.29, 1.82) is 0 Å². The summed E-state index contributed by atoms with van der Waals surface area (Å²) in [6, 6.07) is 29.9. The molecule has 1 fully saturated rings. The lowest BCUT2D eigenvalue weighted by Crippen LogP contribution is -2.57. The number of benzene rings is 3. The molecule has 0 aromatic heterocycles. The Hall–Kier alpha value is -2.83. The molecule has 1 saturated heterocycles. The molecule has 4 rings (SSSR count). The third kappa shape index (κ3) is 6.61. The Balaban J connectivity index is 1.45. The summed E-state index contributed by atoms with van der Waals surface area (Å²) >= 11 is 0. The second kappa shape index (κ2) is 12.6. The lowest BCUT2D eigenvalue weighted by molar-refractivity contribution is -0.232. The smallest absolute Gasteiger partial charge is 0.151 e. The predicted molar refractivity (Wildman–Crippen MR) is 130 cm³/mol. The predicted octanol–water partition coefficient (Wildman–Crippen LogP) is 4.98. The topological polar surface area (TPSA) is 54.0 Å². The number of carbonyl (C=O) groups is 1. The number of hydrogen-bond donors (Lipinski definition) is 0. The van der Waals surface area contributed by atoms with Gasteiger partial charge >= 0.3 is 0 Å². The quantitative estimate of drug-likeness (QED) is 0.378. The largest absolute Gasteiger partial charge is 0.374 e. The molecule has 0 radical (unpaired) electrons. The maximum Gasteiger partial charge on any atom is 0.151 e. The summed E-state index contributed by atoms with van der Waals surface area (Å²) in [4.78, 5) is 12.0. The van der Waals surface area contributed by atoms with Gasteiger partial charge in [0.1, 0.15) is 12.2 Å². The van der Waals surface area contributed by atoms with E-state index in [0.29, 0.717) is 26.4 Å². The maximum atomic E-state index is 12.0. The van der Waals surface area contributed by atoms with Crippen LogP contribution in [0, 0.1) is 5.92 Å². The molecule has 34 heavy (non-hydrogen) atoms. The van der Waals surface area contributed by atoms with E-state index < -0.39 is 12.2 Å². The highest BCUT2D eigenvalue weighted by Crippen LogP contribution is 2.31. The monoisotopic (exact) mass is 460 g/mol. The second-order valence-electron chi connectivity index (χ2n) is 8.66. The van der Waals surface area contributed by atoms with E-state index in [9.17, 15) is 4.79 Å². The highest BCUT2D eigenvalue weighted by molar-refractivity contribution is 5.57. The first kappa shape index (κ1) is 24.3. The van der Waals surface area contributed by atoms with Crippen molar-refractivity contribution in [1.82, 2.24) is 0 Å². The van der Waals surface area contributed by atoms with Crippen LogP contribution in [0.5, 0.6) is 0 Å². The maximum absolute atomic E-state index is 12.0. The van der Waals surface area contributed by atoms with Crippen LogP contribution in [0.4, 0.5) is 0 Å². The molecule has 5 nitrogen and oxygen atoms in total. The summed E-state index contributed by atoms with van der Waals surface area (Å²) in [5.41, 5.74) is 3.20. The molecule has 178 valence electrons. The van der Waals surface area contributed by atoms with Gasteiger partial charge in [-0.3, -0.25) is 0 Å². The summed E-state index contributed by atoms with van der Waals surface area (Å²) in [6.45, 7) is 3.75. The fourth-order valence-corrected chi connectivity index (χ4v) is 4.24. The van der Waals surface area contributed by atoms with Crippen molar-refractivity contribution in [2.75, 3.05) is 6.61 Å². The lowest BCUT2D eigenvalue weighted by atomic mass is 9.88. The normalized spacial score (nSPS) is 24.6. The first-order valence-electron chi connectivity index (χ1n) is 11.8. The minimum Gasteiger partial charge on any atom is -0.374 e. The van der Waals surface area contributed by atoms with E-state index >= 15 is 0 Å². The molecule has 5 atom stereocenters. The van der Waals surface area contributed by atoms with Gasteiger partial charge in [-0.15, -0.1) is 0 Å². The van der Waals surface area contributed by atoms with E-state index in [1.54, 1.807) is 0 Å². The minimum atomic E-state index is -0.731. The zero-order valence-corrected chi connectivity index (χ0v) is 19.5. The van der Waals surface area contributed by atoms with Gasteiger partial charge in [-0.1, -0.05) is 97.9 Å². The number of aldehydes is 1. The molecule has 0 saturated carbocycles. The SMILES string of the molecule is CC1C(COCc2ccccc2)OC(C=O)C(OCc2ccccc2)C1OCc1ccccc1. The zero-order chi connectivity index (χ0) is 23.6. The van der Waals surface area contributed by atoms with Gasteiger partial charge in [0.05, 0.1) is 38.6 Å². The van der Waals surface area contributed by atoms with Gasteiger partial charge in [-0.2, -0.15) is 0 Å². The molecule has 0 amide bonds. The molecule has 1 aliphatic rings. The van der Waals surface area contributed by atoms with Crippen LogP contribution in [-0.2, 0) is 43.6 Å². The molecule has 0 bridgehead atoms. The van der Waals surface area contributed by atoms with Gasteiger partial charge in [0.25, 0.3) is 0 Å². The molecule has 1 aliphatic heterocycles. The van der Waals surface area contributed by atoms with Crippen LogP contribution in [0.3, 0.4) is 0 Å². The Labute approximate surface area is 201 Å². The van der Waals surface area contributed by atoms with Crippen molar-refractivity contribution in [2.24, 2.45) is 5.92 Å². The van der Waals surface area contributed by atoms with Crippen LogP contribution in [0.25, 0.3) is 0 Å². The Morgan fingerprint density at radius 2 is 1.18 bits per heavy atom. The molecule has 5 unspecified atom stereocenters. The van der Waals surface area contributed by atoms with Gasteiger partial charge < -0.3 is 23.7 Å². The van der Waals surface area contributed by atoms with E-state index in [2.05, 4.69) is 6.92 Å². The Kier molecular flexibility index (Phi) is 8.99. The second-order valence-corrected chi connectivity index (χ2v) is 8.66. The van der Waals surface area contributed by atoms with Crippen molar-refractivity contribution in [3.05, 3.63) is 108 Å². The molecule has 0 N–H and O–H groups in total. The van der Waals surface area contributed by atoms with Crippen LogP contribution < -0.4 is 0 Å². The van der Waals surface area contributed by atoms with Crippen LogP contribution in [0.15, 0.2) is 91.0 Å². The van der Waals surface area contributed by atoms with Gasteiger partial charge in [0.15, 0.2) is 6.29 Å². The average Bonchev–Trinajstić information content (AvgIpc) is 2.89. The van der Waals surface area contributed by atoms with Gasteiger partial charge in [-0.25, -0.2) is 0 Å². The number of rotatable bonds is 11. The van der Waals surface area contributed by atoms with Crippen molar-refractivity contribution in [3.63, 3.8) is 0 Å². The Morgan fingerprint density at radius 3 is 1.68 bits per heavy atom. The fourth-order valence-electron chi connectivity index (χ4n) is 4.24. The molecule has 3 aromatic carbocycles. The molecule has 1 heterocycles. The molecule has 3 aromatic rings. The third-order valence-electron chi connectivity index (χ3n) is 6.18. The third-order valence-corrected chi connectivity index (χ3v) is 6.18. The number of ether oxygens (including phenoxy) is 4. The van der Waals surface area contributed by atoms with Crippen molar-refractivity contribution < 1.29 is 23.7 Å². The zero-order valence-electron chi connectivity index (χ0n) is 19.5. The first-order valence-corrected chi connectivity index (χ1v) is 11.8. The Morgan fingerprint density at radius 1 is 0.706 bits per heavy atom. The van der Waals surface area contributed by atoms with Gasteiger partial charge in [-0.05, 0) is 16.7 Å². The minimum absolute atomic E-state index is 0.0311. The van der Waals surface area contributed by atoms with Gasteiger partial charge in [0.2, 0.25) is 0 Å². The van der Waals surface area contributed by atoms with E-state index in [1.807, 2.05) is 91.0 Å². The Bertz CT molecular complexity index is 979. The summed E-state index contributed by atoms with van der Waals surface area (Å²) in [7, 11) is 0. The highest BCUT2D eigenvalue weighted by atomic mass is 16.6. The summed E-state index contributed by atoms with van der Waals surface area (Å²) < 4.78 is 24.8. The van der Waals surface area contributed by atoms with Crippen molar-refractivity contribution in [2.45, 2.75) is 51.2 Å². The lowest BCUT2D eigenvalue weighted by Gasteiger charge is -2.43. The van der Waals surface area contributed by atoms with Crippen LogP contribution in [0.2, 0.25) is 0 Å². The van der Waals surface area contributed by atoms with E-state index in [-0.39, 0.29) is 18.1 Å². The molecular weight excluding hydrogens is 428 g/mol. The van der Waals surface area contributed by atoms with Crippen LogP contribution in [0.1, 0.15) is 23.6 Å². The van der Waals surface area contributed by atoms with Crippen LogP contribution in [-0.4, -0.2) is 37.3 Å². The first-order chi connectivity index (χ1) is 16.7. The molecule has 5 heteroatoms. The highest BCUT2D eigenvalue weighted by Gasteiger charge is 2.45. The van der Waals surface area contributed by atoms with E-state index in [0.717, 1.165) is 23.0 Å². The van der Waals surface area contributed by atoms with E-state index in [1.165, 1.54) is 0 Å². The van der Waals surface area contributed by atoms with Crippen molar-refractivity contribution in [3.8, 4) is 0 Å². The van der Waals surface area contributed by atoms with Crippen LogP contribution >= 0.6 is 0 Å². The molecular formula is C29H32O5. The number of hydrogen-bond acceptors (Lipinski definition) is 5. The summed E-state index contributed by atoms with van der Waals surface area (Å²) in [6.07, 6.45) is -1.02. The average molecular weight is 461 g/mol. The van der Waals surface area contributed by atoms with Crippen molar-refractivity contribution >= 4 is 6.29 Å². The summed E-state index contributed by atoms with van der Waals surface area (Å²) in [5, 5.41) is 0.